The number of carbonyl (C=O) groups is 1. The third-order valence-corrected chi connectivity index (χ3v) is 7.52. The lowest BCUT2D eigenvalue weighted by molar-refractivity contribution is 0.0649. The molecule has 0 saturated carbocycles. The van der Waals surface area contributed by atoms with Gasteiger partial charge in [-0.05, 0) is 50.7 Å². The van der Waals surface area contributed by atoms with Crippen molar-refractivity contribution >= 4 is 34.0 Å². The topological polar surface area (TPSA) is 98.8 Å². The van der Waals surface area contributed by atoms with E-state index in [9.17, 15) is 4.79 Å². The summed E-state index contributed by atoms with van der Waals surface area (Å²) < 4.78 is 27.1. The number of carbonyl (C=O) groups excluding carboxylic acids is 1. The number of ether oxygens (including phenoxy) is 2. The van der Waals surface area contributed by atoms with Crippen molar-refractivity contribution in [1.82, 2.24) is 24.8 Å². The first kappa shape index (κ1) is 25.9. The summed E-state index contributed by atoms with van der Waals surface area (Å²) in [6.07, 6.45) is 2.21. The Balaban J connectivity index is 1.34. The average molecular weight is 546 g/mol. The number of aryl methyl sites for hydroxylation is 1. The fourth-order valence-electron chi connectivity index (χ4n) is 5.05. The molecule has 4 heterocycles. The van der Waals surface area contributed by atoms with E-state index in [-0.39, 0.29) is 28.9 Å². The predicted octanol–water partition coefficient (Wildman–Crippen LogP) is 4.55. The molecule has 11 heteroatoms. The molecule has 2 N–H and O–H groups in total. The van der Waals surface area contributed by atoms with Crippen molar-refractivity contribution in [2.24, 2.45) is 0 Å². The van der Waals surface area contributed by atoms with E-state index in [0.717, 1.165) is 44.0 Å². The number of nitrogens with zero attached hydrogens (tertiary/aromatic N) is 5. The molecule has 0 bridgehead atoms. The molecular weight excluding hydrogens is 513 g/mol. The maximum atomic E-state index is 15.4. The van der Waals surface area contributed by atoms with E-state index in [4.69, 9.17) is 9.47 Å². The molecule has 2 saturated heterocycles. The van der Waals surface area contributed by atoms with E-state index in [2.05, 4.69) is 37.1 Å². The number of anilines is 3. The number of H-pyrrole nitrogens is 1. The van der Waals surface area contributed by atoms with Crippen molar-refractivity contribution in [2.75, 3.05) is 63.6 Å². The highest BCUT2D eigenvalue weighted by molar-refractivity contribution is 6.02. The van der Waals surface area contributed by atoms with Gasteiger partial charge in [0.15, 0.2) is 17.4 Å². The molecular formula is C29H32FN7O3. The number of likely N-dealkylation sites (tertiary alicyclic amines) is 1. The maximum absolute atomic E-state index is 15.4. The van der Waals surface area contributed by atoms with Gasteiger partial charge in [0, 0.05) is 67.6 Å². The van der Waals surface area contributed by atoms with Crippen LogP contribution in [0.15, 0.2) is 42.7 Å². The van der Waals surface area contributed by atoms with Crippen LogP contribution in [0.4, 0.5) is 21.6 Å². The Bertz CT molecular complexity index is 1560. The summed E-state index contributed by atoms with van der Waals surface area (Å²) in [7, 11) is 3.73. The van der Waals surface area contributed by atoms with Crippen LogP contribution in [0.3, 0.4) is 0 Å². The van der Waals surface area contributed by atoms with Gasteiger partial charge in [0.25, 0.3) is 5.91 Å². The summed E-state index contributed by atoms with van der Waals surface area (Å²) in [5, 5.41) is 3.66. The molecule has 2 fully saturated rings. The molecule has 0 radical (unpaired) electrons. The van der Waals surface area contributed by atoms with Gasteiger partial charge in [-0.15, -0.1) is 0 Å². The highest BCUT2D eigenvalue weighted by atomic mass is 19.1. The minimum Gasteiger partial charge on any atom is -0.494 e. The second kappa shape index (κ2) is 10.6. The van der Waals surface area contributed by atoms with Crippen LogP contribution in [0.1, 0.15) is 22.5 Å². The molecule has 2 aliphatic heterocycles. The van der Waals surface area contributed by atoms with E-state index in [1.54, 1.807) is 24.1 Å². The van der Waals surface area contributed by atoms with Gasteiger partial charge in [-0.1, -0.05) is 0 Å². The number of likely N-dealkylation sites (N-methyl/N-ethyl adjacent to an activating group) is 1. The molecule has 0 unspecified atom stereocenters. The lowest BCUT2D eigenvalue weighted by atomic mass is 10.1. The second-order valence-electron chi connectivity index (χ2n) is 10.2. The van der Waals surface area contributed by atoms with E-state index in [1.807, 2.05) is 25.1 Å². The highest BCUT2D eigenvalue weighted by Crippen LogP contribution is 2.37. The fourth-order valence-corrected chi connectivity index (χ4v) is 5.05. The van der Waals surface area contributed by atoms with Crippen LogP contribution in [-0.2, 0) is 0 Å². The third-order valence-electron chi connectivity index (χ3n) is 7.52. The second-order valence-corrected chi connectivity index (χ2v) is 10.2. The number of hydrogen-bond donors (Lipinski definition) is 2. The molecule has 2 aromatic carbocycles. The van der Waals surface area contributed by atoms with Crippen molar-refractivity contribution in [2.45, 2.75) is 13.3 Å². The molecule has 10 nitrogen and oxygen atoms in total. The van der Waals surface area contributed by atoms with Crippen molar-refractivity contribution in [3.05, 3.63) is 59.8 Å². The number of fused-ring (bicyclic) bond motifs is 1. The van der Waals surface area contributed by atoms with Crippen LogP contribution in [-0.4, -0.2) is 84.1 Å². The van der Waals surface area contributed by atoms with Gasteiger partial charge in [-0.3, -0.25) is 4.79 Å². The Hall–Kier alpha value is -4.38. The van der Waals surface area contributed by atoms with Crippen LogP contribution in [0.2, 0.25) is 0 Å². The molecule has 1 amide bonds. The first-order valence-electron chi connectivity index (χ1n) is 13.4. The number of nitrogens with one attached hydrogen (secondary N) is 2. The fraction of sp³-hybridized carbons (Fsp3) is 0.345. The Morgan fingerprint density at radius 1 is 1.02 bits per heavy atom. The number of halogens is 1. The van der Waals surface area contributed by atoms with Crippen molar-refractivity contribution in [3.8, 4) is 17.4 Å². The Morgan fingerprint density at radius 2 is 1.82 bits per heavy atom. The Labute approximate surface area is 231 Å². The van der Waals surface area contributed by atoms with E-state index >= 15 is 4.39 Å². The molecule has 4 aromatic rings. The monoisotopic (exact) mass is 545 g/mol. The lowest BCUT2D eigenvalue weighted by Crippen LogP contribution is -2.44. The zero-order valence-electron chi connectivity index (χ0n) is 22.8. The van der Waals surface area contributed by atoms with Gasteiger partial charge in [0.05, 0.1) is 12.8 Å². The summed E-state index contributed by atoms with van der Waals surface area (Å²) in [6, 6.07) is 10.9. The van der Waals surface area contributed by atoms with Gasteiger partial charge in [0.2, 0.25) is 5.88 Å². The summed E-state index contributed by atoms with van der Waals surface area (Å²) >= 11 is 0. The minimum atomic E-state index is -0.529. The summed E-state index contributed by atoms with van der Waals surface area (Å²) in [5.41, 5.74) is 3.33. The maximum Gasteiger partial charge on any atom is 0.263 e. The van der Waals surface area contributed by atoms with Crippen LogP contribution >= 0.6 is 0 Å². The van der Waals surface area contributed by atoms with E-state index in [1.165, 1.54) is 12.4 Å². The lowest BCUT2D eigenvalue weighted by Gasteiger charge is -2.34. The minimum absolute atomic E-state index is 0.0204. The van der Waals surface area contributed by atoms with E-state index < -0.39 is 5.82 Å². The number of methoxy groups -OCH3 is 1. The zero-order chi connectivity index (χ0) is 27.8. The SMILES string of the molecule is COc1cc(N2CCN(C)CC2)ccc1Nc1ncnc(Oc2ccc3[nH]c(C)cc3c2F)c1C(=O)N1CCC1. The number of piperazine rings is 1. The molecule has 2 aromatic heterocycles. The Morgan fingerprint density at radius 3 is 2.55 bits per heavy atom. The smallest absolute Gasteiger partial charge is 0.263 e. The number of rotatable bonds is 7. The number of benzene rings is 2. The molecule has 2 aliphatic rings. The quantitative estimate of drug-likeness (QED) is 0.349. The highest BCUT2D eigenvalue weighted by Gasteiger charge is 2.30. The Kier molecular flexibility index (Phi) is 6.89. The molecule has 0 aliphatic carbocycles. The average Bonchev–Trinajstić information content (AvgIpc) is 3.31. The van der Waals surface area contributed by atoms with Crippen LogP contribution in [0.5, 0.6) is 17.4 Å². The molecule has 40 heavy (non-hydrogen) atoms. The predicted molar refractivity (Wildman–Crippen MR) is 152 cm³/mol. The molecule has 208 valence electrons. The van der Waals surface area contributed by atoms with Gasteiger partial charge < -0.3 is 34.5 Å². The van der Waals surface area contributed by atoms with Crippen LogP contribution in [0.25, 0.3) is 10.9 Å². The standard InChI is InChI=1S/C29H32FN7O3/c1-18-15-20-21(33-18)7-8-23(26(20)30)40-28-25(29(38)37-9-4-10-37)27(31-17-32-28)34-22-6-5-19(16-24(22)39-3)36-13-11-35(2)12-14-36/h5-8,15-17,33H,4,9-14H2,1-3H3,(H,31,32,34). The first-order valence-corrected chi connectivity index (χ1v) is 13.4. The van der Waals surface area contributed by atoms with E-state index in [0.29, 0.717) is 35.4 Å². The summed E-state index contributed by atoms with van der Waals surface area (Å²) in [4.78, 5) is 31.6. The number of aromatic amines is 1. The van der Waals surface area contributed by atoms with Gasteiger partial charge in [-0.2, -0.15) is 0 Å². The number of amides is 1. The zero-order valence-corrected chi connectivity index (χ0v) is 22.8. The van der Waals surface area contributed by atoms with Gasteiger partial charge in [-0.25, -0.2) is 14.4 Å². The molecule has 0 spiro atoms. The summed E-state index contributed by atoms with van der Waals surface area (Å²) in [6.45, 7) is 6.95. The third kappa shape index (κ3) is 4.88. The molecule has 0 atom stereocenters. The normalized spacial score (nSPS) is 15.7. The van der Waals surface area contributed by atoms with Crippen molar-refractivity contribution in [3.63, 3.8) is 0 Å². The first-order chi connectivity index (χ1) is 19.4. The largest absolute Gasteiger partial charge is 0.494 e. The van der Waals surface area contributed by atoms with Crippen LogP contribution in [0, 0.1) is 12.7 Å². The van der Waals surface area contributed by atoms with Crippen molar-refractivity contribution < 1.29 is 18.7 Å². The van der Waals surface area contributed by atoms with Crippen molar-refractivity contribution in [1.29, 1.82) is 0 Å². The van der Waals surface area contributed by atoms with Gasteiger partial charge in [0.1, 0.15) is 17.6 Å². The van der Waals surface area contributed by atoms with Crippen LogP contribution < -0.4 is 19.7 Å². The number of aromatic nitrogens is 3. The molecule has 6 rings (SSSR count). The summed E-state index contributed by atoms with van der Waals surface area (Å²) in [5.74, 6) is 0.0105. The van der Waals surface area contributed by atoms with Gasteiger partial charge >= 0.3 is 0 Å². The number of hydrogen-bond acceptors (Lipinski definition) is 8.